The maximum atomic E-state index is 12.0. The zero-order chi connectivity index (χ0) is 22.6. The first kappa shape index (κ1) is 24.6. The van der Waals surface area contributed by atoms with Gasteiger partial charge in [0.2, 0.25) is 21.8 Å². The van der Waals surface area contributed by atoms with Gasteiger partial charge in [-0.1, -0.05) is 24.0 Å². The number of hydrazone groups is 1. The quantitative estimate of drug-likeness (QED) is 0.138. The van der Waals surface area contributed by atoms with Crippen LogP contribution in [0.25, 0.3) is 0 Å². The smallest absolute Gasteiger partial charge is 0.306 e. The van der Waals surface area contributed by atoms with E-state index in [1.54, 1.807) is 24.3 Å². The maximum Gasteiger partial charge on any atom is 0.306 e. The van der Waals surface area contributed by atoms with E-state index >= 15 is 0 Å². The summed E-state index contributed by atoms with van der Waals surface area (Å²) in [5.41, 5.74) is 1.29. The molecule has 0 aliphatic heterocycles. The van der Waals surface area contributed by atoms with Crippen LogP contribution in [0.3, 0.4) is 0 Å². The van der Waals surface area contributed by atoms with Crippen LogP contribution in [0.15, 0.2) is 29.4 Å². The number of sulfonamides is 1. The summed E-state index contributed by atoms with van der Waals surface area (Å²) in [7, 11) is -3.43. The molecule has 162 valence electrons. The number of rotatable bonds is 10. The average molecular weight is 437 g/mol. The number of nitrogens with two attached hydrogens (primary N) is 1. The topological polar surface area (TPSA) is 180 Å². The van der Waals surface area contributed by atoms with Crippen LogP contribution >= 0.6 is 0 Å². The van der Waals surface area contributed by atoms with Gasteiger partial charge in [0.15, 0.2) is 0 Å². The molecule has 1 rings (SSSR count). The Morgan fingerprint density at radius 3 is 2.40 bits per heavy atom. The minimum absolute atomic E-state index is 0.124. The van der Waals surface area contributed by atoms with E-state index in [2.05, 4.69) is 32.3 Å². The van der Waals surface area contributed by atoms with Crippen molar-refractivity contribution in [2.75, 3.05) is 18.1 Å². The number of carboxylic acids is 1. The van der Waals surface area contributed by atoms with Gasteiger partial charge >= 0.3 is 5.97 Å². The first-order valence-corrected chi connectivity index (χ1v) is 10.6. The number of aliphatic carboxylic acids is 1. The molecule has 0 radical (unpaired) electrons. The highest BCUT2D eigenvalue weighted by atomic mass is 32.2. The lowest BCUT2D eigenvalue weighted by atomic mass is 10.2. The summed E-state index contributed by atoms with van der Waals surface area (Å²) in [6, 6.07) is 5.69. The molecule has 1 aromatic carbocycles. The monoisotopic (exact) mass is 437 g/mol. The third kappa shape index (κ3) is 11.4. The Morgan fingerprint density at radius 1 is 1.20 bits per heavy atom. The maximum absolute atomic E-state index is 12.0. The fourth-order valence-corrected chi connectivity index (χ4v) is 2.44. The summed E-state index contributed by atoms with van der Waals surface area (Å²) in [6.45, 7) is -0.219. The van der Waals surface area contributed by atoms with E-state index in [1.807, 2.05) is 0 Å². The lowest BCUT2D eigenvalue weighted by molar-refractivity contribution is -0.137. The van der Waals surface area contributed by atoms with Crippen molar-refractivity contribution in [3.63, 3.8) is 0 Å². The number of nitrogens with one attached hydrogen (secondary N) is 3. The van der Waals surface area contributed by atoms with Gasteiger partial charge in [-0.05, 0) is 17.7 Å². The van der Waals surface area contributed by atoms with Gasteiger partial charge in [-0.15, -0.1) is 0 Å². The minimum Gasteiger partial charge on any atom is -0.481 e. The number of carboxylic acid groups (broad SMARTS) is 1. The van der Waals surface area contributed by atoms with Crippen molar-refractivity contribution in [1.82, 2.24) is 10.0 Å². The molecular weight excluding hydrogens is 414 g/mol. The first-order chi connectivity index (χ1) is 14.1. The second-order valence-electron chi connectivity index (χ2n) is 6.08. The SMILES string of the molecule is CS(=O)(=O)NCC#CC(CC(=O)O)NC(=O)CCC(=O)Nc1ccc(C=NN)cc1. The molecule has 0 heterocycles. The number of anilines is 1. The van der Waals surface area contributed by atoms with Gasteiger partial charge in [-0.3, -0.25) is 14.4 Å². The molecule has 0 saturated heterocycles. The highest BCUT2D eigenvalue weighted by Gasteiger charge is 2.15. The number of benzene rings is 1. The van der Waals surface area contributed by atoms with E-state index in [4.69, 9.17) is 10.9 Å². The number of nitrogens with zero attached hydrogens (tertiary/aromatic N) is 1. The van der Waals surface area contributed by atoms with Crippen LogP contribution in [0.5, 0.6) is 0 Å². The van der Waals surface area contributed by atoms with Crippen LogP contribution in [0, 0.1) is 11.8 Å². The van der Waals surface area contributed by atoms with Gasteiger partial charge in [-0.25, -0.2) is 13.1 Å². The standard InChI is InChI=1S/C18H23N5O6S/c1-30(28,29)21-10-2-3-15(11-18(26)27)23-17(25)9-8-16(24)22-14-6-4-13(5-7-14)12-20-19/h4-7,12,15,21H,8-11,19H2,1H3,(H,22,24)(H,23,25)(H,26,27). The van der Waals surface area contributed by atoms with E-state index in [0.717, 1.165) is 11.8 Å². The predicted octanol–water partition coefficient (Wildman–Crippen LogP) is -0.790. The third-order valence-corrected chi connectivity index (χ3v) is 4.08. The average Bonchev–Trinajstić information content (AvgIpc) is 2.64. The zero-order valence-corrected chi connectivity index (χ0v) is 17.0. The molecule has 11 nitrogen and oxygen atoms in total. The first-order valence-electron chi connectivity index (χ1n) is 8.66. The van der Waals surface area contributed by atoms with Crippen LogP contribution in [0.4, 0.5) is 5.69 Å². The van der Waals surface area contributed by atoms with Crippen molar-refractivity contribution in [1.29, 1.82) is 0 Å². The Morgan fingerprint density at radius 2 is 1.83 bits per heavy atom. The molecule has 12 heteroatoms. The number of hydrogen-bond donors (Lipinski definition) is 5. The van der Waals surface area contributed by atoms with Gasteiger partial charge in [0.25, 0.3) is 0 Å². The van der Waals surface area contributed by atoms with E-state index in [9.17, 15) is 22.8 Å². The third-order valence-electron chi connectivity index (χ3n) is 3.41. The largest absolute Gasteiger partial charge is 0.481 e. The molecular formula is C18H23N5O6S. The summed E-state index contributed by atoms with van der Waals surface area (Å²) < 4.78 is 24.1. The lowest BCUT2D eigenvalue weighted by Gasteiger charge is -2.11. The number of hydrogen-bond acceptors (Lipinski definition) is 7. The molecule has 0 spiro atoms. The Hall–Kier alpha value is -3.43. The summed E-state index contributed by atoms with van der Waals surface area (Å²) in [5, 5.41) is 17.3. The van der Waals surface area contributed by atoms with Gasteiger partial charge < -0.3 is 21.6 Å². The summed E-state index contributed by atoms with van der Waals surface area (Å²) in [5.74, 6) is 7.84. The Labute approximate surface area is 174 Å². The number of carbonyl (C=O) groups is 3. The Kier molecular flexibility index (Phi) is 10.0. The molecule has 30 heavy (non-hydrogen) atoms. The van der Waals surface area contributed by atoms with Gasteiger partial charge in [0, 0.05) is 18.5 Å². The molecule has 6 N–H and O–H groups in total. The molecule has 1 aromatic rings. The molecule has 1 atom stereocenters. The number of carbonyl (C=O) groups excluding carboxylic acids is 2. The molecule has 0 aromatic heterocycles. The minimum atomic E-state index is -3.43. The molecule has 0 bridgehead atoms. The Balaban J connectivity index is 2.52. The highest BCUT2D eigenvalue weighted by Crippen LogP contribution is 2.09. The van der Waals surface area contributed by atoms with Crippen molar-refractivity contribution in [2.45, 2.75) is 25.3 Å². The van der Waals surface area contributed by atoms with E-state index in [0.29, 0.717) is 5.69 Å². The summed E-state index contributed by atoms with van der Waals surface area (Å²) >= 11 is 0. The van der Waals surface area contributed by atoms with Crippen LogP contribution in [0.1, 0.15) is 24.8 Å². The van der Waals surface area contributed by atoms with Gasteiger partial charge in [-0.2, -0.15) is 5.10 Å². The van der Waals surface area contributed by atoms with Crippen molar-refractivity contribution in [2.24, 2.45) is 10.9 Å². The molecule has 2 amide bonds. The van der Waals surface area contributed by atoms with Crippen LogP contribution in [-0.4, -0.2) is 56.4 Å². The van der Waals surface area contributed by atoms with Crippen LogP contribution in [0.2, 0.25) is 0 Å². The lowest BCUT2D eigenvalue weighted by Crippen LogP contribution is -2.36. The van der Waals surface area contributed by atoms with E-state index in [1.165, 1.54) is 6.21 Å². The fourth-order valence-electron chi connectivity index (χ4n) is 2.11. The second-order valence-corrected chi connectivity index (χ2v) is 7.91. The van der Waals surface area contributed by atoms with Crippen LogP contribution < -0.4 is 21.2 Å². The number of amides is 2. The normalized spacial score (nSPS) is 11.9. The second kappa shape index (κ2) is 12.2. The van der Waals surface area contributed by atoms with Gasteiger partial charge in [0.05, 0.1) is 25.4 Å². The molecule has 0 aliphatic carbocycles. The van der Waals surface area contributed by atoms with Crippen LogP contribution in [-0.2, 0) is 24.4 Å². The van der Waals surface area contributed by atoms with E-state index < -0.39 is 40.3 Å². The molecule has 0 saturated carbocycles. The molecule has 1 unspecified atom stereocenters. The predicted molar refractivity (Wildman–Crippen MR) is 111 cm³/mol. The fraction of sp³-hybridized carbons (Fsp3) is 0.333. The highest BCUT2D eigenvalue weighted by molar-refractivity contribution is 7.88. The zero-order valence-electron chi connectivity index (χ0n) is 16.2. The summed E-state index contributed by atoms with van der Waals surface area (Å²) in [4.78, 5) is 34.9. The van der Waals surface area contributed by atoms with Gasteiger partial charge in [0.1, 0.15) is 6.04 Å². The molecule has 0 fully saturated rings. The summed E-state index contributed by atoms with van der Waals surface area (Å²) in [6.07, 6.45) is 1.63. The molecule has 0 aliphatic rings. The van der Waals surface area contributed by atoms with Crippen molar-refractivity contribution >= 4 is 39.7 Å². The van der Waals surface area contributed by atoms with Crippen molar-refractivity contribution < 1.29 is 27.9 Å². The van der Waals surface area contributed by atoms with Crippen molar-refractivity contribution in [3.8, 4) is 11.8 Å². The Bertz CT molecular complexity index is 948. The van der Waals surface area contributed by atoms with Crippen molar-refractivity contribution in [3.05, 3.63) is 29.8 Å². The van der Waals surface area contributed by atoms with E-state index in [-0.39, 0.29) is 19.4 Å².